The number of aromatic nitrogens is 1. The Labute approximate surface area is 177 Å². The summed E-state index contributed by atoms with van der Waals surface area (Å²) in [5.41, 5.74) is 2.59. The van der Waals surface area contributed by atoms with Crippen LogP contribution in [0.25, 0.3) is 28.2 Å². The van der Waals surface area contributed by atoms with Gasteiger partial charge in [0.15, 0.2) is 5.17 Å². The molecule has 0 aliphatic carbocycles. The third-order valence-electron chi connectivity index (χ3n) is 5.01. The number of carbonyl (C=O) groups is 1. The SMILES string of the molecule is COc1ccc(-c2cncc3cc(/C=C4/SC(N5CCOCC5)=NC4=O)oc23)cc1. The van der Waals surface area contributed by atoms with Crippen molar-refractivity contribution in [3.63, 3.8) is 0 Å². The molecule has 2 aromatic heterocycles. The highest BCUT2D eigenvalue weighted by atomic mass is 32.2. The Bertz CT molecular complexity index is 1160. The zero-order valence-electron chi connectivity index (χ0n) is 16.3. The van der Waals surface area contributed by atoms with Crippen molar-refractivity contribution in [3.05, 3.63) is 53.4 Å². The number of hydrogen-bond donors (Lipinski definition) is 0. The lowest BCUT2D eigenvalue weighted by Crippen LogP contribution is -2.38. The summed E-state index contributed by atoms with van der Waals surface area (Å²) in [5.74, 6) is 1.15. The molecule has 0 saturated carbocycles. The number of furan rings is 1. The second-order valence-electron chi connectivity index (χ2n) is 6.89. The molecule has 152 valence electrons. The van der Waals surface area contributed by atoms with E-state index in [2.05, 4.69) is 14.9 Å². The molecule has 30 heavy (non-hydrogen) atoms. The van der Waals surface area contributed by atoms with E-state index in [1.807, 2.05) is 30.3 Å². The molecule has 0 spiro atoms. The van der Waals surface area contributed by atoms with E-state index < -0.39 is 0 Å². The summed E-state index contributed by atoms with van der Waals surface area (Å²) in [6, 6.07) is 9.63. The Hall–Kier alpha value is -3.10. The number of rotatable bonds is 3. The Morgan fingerprint density at radius 3 is 2.73 bits per heavy atom. The summed E-state index contributed by atoms with van der Waals surface area (Å²) in [5, 5.41) is 1.60. The molecule has 5 rings (SSSR count). The predicted octanol–water partition coefficient (Wildman–Crippen LogP) is 3.81. The van der Waals surface area contributed by atoms with Crippen molar-refractivity contribution in [3.8, 4) is 16.9 Å². The zero-order valence-corrected chi connectivity index (χ0v) is 17.1. The molecule has 2 aliphatic heterocycles. The van der Waals surface area contributed by atoms with E-state index in [4.69, 9.17) is 13.9 Å². The van der Waals surface area contributed by atoms with Crippen LogP contribution in [0.4, 0.5) is 0 Å². The number of pyridine rings is 1. The third kappa shape index (κ3) is 3.59. The van der Waals surface area contributed by atoms with Crippen molar-refractivity contribution in [2.75, 3.05) is 33.4 Å². The molecule has 0 bridgehead atoms. The molecule has 0 atom stereocenters. The Kier molecular flexibility index (Phi) is 5.02. The molecule has 1 amide bonds. The van der Waals surface area contributed by atoms with Crippen molar-refractivity contribution < 1.29 is 18.7 Å². The largest absolute Gasteiger partial charge is 0.497 e. The average molecular weight is 421 g/mol. The molecule has 0 radical (unpaired) electrons. The fraction of sp³-hybridized carbons (Fsp3) is 0.227. The number of methoxy groups -OCH3 is 1. The van der Waals surface area contributed by atoms with Gasteiger partial charge in [0.25, 0.3) is 5.91 Å². The number of carbonyl (C=O) groups excluding carboxylic acids is 1. The molecule has 0 unspecified atom stereocenters. The third-order valence-corrected chi connectivity index (χ3v) is 6.05. The van der Waals surface area contributed by atoms with Crippen LogP contribution in [0.1, 0.15) is 5.76 Å². The normalized spacial score (nSPS) is 18.3. The van der Waals surface area contributed by atoms with Crippen LogP contribution in [-0.4, -0.2) is 54.4 Å². The van der Waals surface area contributed by atoms with E-state index in [0.717, 1.165) is 46.1 Å². The van der Waals surface area contributed by atoms with Crippen molar-refractivity contribution in [1.82, 2.24) is 9.88 Å². The number of ether oxygens (including phenoxy) is 2. The maximum atomic E-state index is 12.4. The van der Waals surface area contributed by atoms with Gasteiger partial charge in [0, 0.05) is 42.5 Å². The van der Waals surface area contributed by atoms with E-state index in [9.17, 15) is 4.79 Å². The van der Waals surface area contributed by atoms with Gasteiger partial charge in [-0.3, -0.25) is 9.78 Å². The summed E-state index contributed by atoms with van der Waals surface area (Å²) >= 11 is 1.38. The van der Waals surface area contributed by atoms with E-state index in [0.29, 0.717) is 23.9 Å². The molecule has 8 heteroatoms. The first-order chi connectivity index (χ1) is 14.7. The maximum absolute atomic E-state index is 12.4. The summed E-state index contributed by atoms with van der Waals surface area (Å²) < 4.78 is 16.7. The molecule has 3 aromatic rings. The predicted molar refractivity (Wildman–Crippen MR) is 116 cm³/mol. The van der Waals surface area contributed by atoms with Crippen LogP contribution in [0.5, 0.6) is 5.75 Å². The molecule has 1 aromatic carbocycles. The zero-order chi connectivity index (χ0) is 20.5. The minimum Gasteiger partial charge on any atom is -0.497 e. The highest BCUT2D eigenvalue weighted by molar-refractivity contribution is 8.18. The number of hydrogen-bond acceptors (Lipinski definition) is 7. The van der Waals surface area contributed by atoms with Crippen LogP contribution < -0.4 is 4.74 Å². The van der Waals surface area contributed by atoms with Crippen molar-refractivity contribution in [2.45, 2.75) is 0 Å². The lowest BCUT2D eigenvalue weighted by atomic mass is 10.1. The number of morpholine rings is 1. The van der Waals surface area contributed by atoms with Crippen LogP contribution in [0, 0.1) is 0 Å². The number of aliphatic imine (C=N–C) groups is 1. The van der Waals surface area contributed by atoms with Crippen LogP contribution in [0.3, 0.4) is 0 Å². The first-order valence-electron chi connectivity index (χ1n) is 9.58. The first kappa shape index (κ1) is 18.9. The minimum atomic E-state index is -0.240. The average Bonchev–Trinajstić information content (AvgIpc) is 3.37. The summed E-state index contributed by atoms with van der Waals surface area (Å²) in [6.45, 7) is 2.79. The Morgan fingerprint density at radius 2 is 1.97 bits per heavy atom. The standard InChI is InChI=1S/C22H19N3O4S/c1-27-16-4-2-14(3-5-16)18-13-23-12-15-10-17(29-20(15)18)11-19-21(26)24-22(30-19)25-6-8-28-9-7-25/h2-5,10-13H,6-9H2,1H3/b19-11+. The summed E-state index contributed by atoms with van der Waals surface area (Å²) in [4.78, 5) is 23.6. The Morgan fingerprint density at radius 1 is 1.17 bits per heavy atom. The van der Waals surface area contributed by atoms with E-state index in [-0.39, 0.29) is 5.91 Å². The van der Waals surface area contributed by atoms with Crippen molar-refractivity contribution >= 4 is 39.9 Å². The molecule has 1 fully saturated rings. The fourth-order valence-electron chi connectivity index (χ4n) is 3.45. The van der Waals surface area contributed by atoms with Crippen molar-refractivity contribution in [2.24, 2.45) is 4.99 Å². The highest BCUT2D eigenvalue weighted by Crippen LogP contribution is 2.34. The molecular formula is C22H19N3O4S. The van der Waals surface area contributed by atoms with Crippen LogP contribution >= 0.6 is 11.8 Å². The van der Waals surface area contributed by atoms with Crippen LogP contribution in [-0.2, 0) is 9.53 Å². The van der Waals surface area contributed by atoms with E-state index in [1.54, 1.807) is 25.6 Å². The van der Waals surface area contributed by atoms with Gasteiger partial charge in [-0.1, -0.05) is 12.1 Å². The topological polar surface area (TPSA) is 77.2 Å². The molecule has 7 nitrogen and oxygen atoms in total. The number of thioether (sulfide) groups is 1. The first-order valence-corrected chi connectivity index (χ1v) is 10.4. The van der Waals surface area contributed by atoms with Gasteiger partial charge in [0.05, 0.1) is 25.2 Å². The minimum absolute atomic E-state index is 0.240. The van der Waals surface area contributed by atoms with Crippen LogP contribution in [0.15, 0.2) is 57.0 Å². The molecular weight excluding hydrogens is 402 g/mol. The quantitative estimate of drug-likeness (QED) is 0.595. The number of amides is 1. The molecule has 4 heterocycles. The van der Waals surface area contributed by atoms with Gasteiger partial charge in [-0.2, -0.15) is 4.99 Å². The highest BCUT2D eigenvalue weighted by Gasteiger charge is 2.27. The van der Waals surface area contributed by atoms with Gasteiger partial charge in [0.2, 0.25) is 0 Å². The lowest BCUT2D eigenvalue weighted by Gasteiger charge is -2.27. The monoisotopic (exact) mass is 421 g/mol. The second-order valence-corrected chi connectivity index (χ2v) is 7.90. The lowest BCUT2D eigenvalue weighted by molar-refractivity contribution is -0.113. The molecule has 0 N–H and O–H groups in total. The van der Waals surface area contributed by atoms with Gasteiger partial charge in [0.1, 0.15) is 17.1 Å². The number of benzene rings is 1. The van der Waals surface area contributed by atoms with Gasteiger partial charge in [-0.15, -0.1) is 0 Å². The number of amidine groups is 1. The van der Waals surface area contributed by atoms with Gasteiger partial charge < -0.3 is 18.8 Å². The number of fused-ring (bicyclic) bond motifs is 1. The Balaban J connectivity index is 1.44. The summed E-state index contributed by atoms with van der Waals surface area (Å²) in [7, 11) is 1.64. The van der Waals surface area contributed by atoms with Gasteiger partial charge in [-0.05, 0) is 35.5 Å². The van der Waals surface area contributed by atoms with E-state index >= 15 is 0 Å². The van der Waals surface area contributed by atoms with Gasteiger partial charge >= 0.3 is 0 Å². The molecule has 1 saturated heterocycles. The van der Waals surface area contributed by atoms with Crippen LogP contribution in [0.2, 0.25) is 0 Å². The summed E-state index contributed by atoms with van der Waals surface area (Å²) in [6.07, 6.45) is 5.29. The van der Waals surface area contributed by atoms with Gasteiger partial charge in [-0.25, -0.2) is 0 Å². The fourth-order valence-corrected chi connectivity index (χ4v) is 4.39. The number of nitrogens with zero attached hydrogens (tertiary/aromatic N) is 3. The maximum Gasteiger partial charge on any atom is 0.286 e. The van der Waals surface area contributed by atoms with Crippen molar-refractivity contribution in [1.29, 1.82) is 0 Å². The van der Waals surface area contributed by atoms with E-state index in [1.165, 1.54) is 11.8 Å². The second kappa shape index (κ2) is 7.97. The smallest absolute Gasteiger partial charge is 0.286 e. The molecule has 2 aliphatic rings.